The number of nitrogens with one attached hydrogen (secondary N) is 1. The van der Waals surface area contributed by atoms with E-state index in [1.165, 1.54) is 4.68 Å². The van der Waals surface area contributed by atoms with Crippen molar-refractivity contribution in [2.24, 2.45) is 0 Å². The van der Waals surface area contributed by atoms with Gasteiger partial charge in [0.2, 0.25) is 5.91 Å². The second kappa shape index (κ2) is 6.42. The Bertz CT molecular complexity index is 675. The minimum absolute atomic E-state index is 0.202. The normalized spacial score (nSPS) is 12.1. The Kier molecular flexibility index (Phi) is 4.59. The third-order valence-electron chi connectivity index (χ3n) is 3.45. The molecule has 0 aliphatic rings. The number of carbonyl (C=O) groups is 2. The van der Waals surface area contributed by atoms with Gasteiger partial charge in [0.05, 0.1) is 17.1 Å². The van der Waals surface area contributed by atoms with Gasteiger partial charge in [-0.25, -0.2) is 0 Å². The number of aliphatic carboxylic acids is 1. The minimum atomic E-state index is -0.980. The van der Waals surface area contributed by atoms with Gasteiger partial charge in [0.25, 0.3) is 0 Å². The molecule has 2 aromatic rings. The van der Waals surface area contributed by atoms with E-state index >= 15 is 0 Å². The molecule has 8 heteroatoms. The number of rotatable bonds is 6. The molecule has 0 saturated heterocycles. The number of hydrogen-bond acceptors (Lipinski definition) is 4. The summed E-state index contributed by atoms with van der Waals surface area (Å²) in [6.45, 7) is 5.13. The van der Waals surface area contributed by atoms with Gasteiger partial charge in [0, 0.05) is 12.4 Å². The van der Waals surface area contributed by atoms with Crippen LogP contribution in [-0.2, 0) is 16.1 Å². The molecule has 0 unspecified atom stereocenters. The van der Waals surface area contributed by atoms with Gasteiger partial charge in [-0.05, 0) is 26.3 Å². The molecule has 2 aromatic heterocycles. The van der Waals surface area contributed by atoms with Crippen LogP contribution in [0.3, 0.4) is 0 Å². The molecule has 2 heterocycles. The van der Waals surface area contributed by atoms with Gasteiger partial charge < -0.3 is 10.4 Å². The van der Waals surface area contributed by atoms with Crippen LogP contribution in [0.5, 0.6) is 0 Å². The zero-order valence-corrected chi connectivity index (χ0v) is 12.8. The quantitative estimate of drug-likeness (QED) is 0.839. The van der Waals surface area contributed by atoms with Crippen LogP contribution in [-0.4, -0.2) is 36.5 Å². The summed E-state index contributed by atoms with van der Waals surface area (Å²) in [4.78, 5) is 23.3. The molecular weight excluding hydrogens is 286 g/mol. The van der Waals surface area contributed by atoms with Crippen molar-refractivity contribution < 1.29 is 14.7 Å². The van der Waals surface area contributed by atoms with Crippen molar-refractivity contribution in [3.05, 3.63) is 29.8 Å². The molecule has 1 amide bonds. The van der Waals surface area contributed by atoms with Crippen molar-refractivity contribution in [1.82, 2.24) is 19.6 Å². The number of anilines is 1. The average molecular weight is 305 g/mol. The zero-order valence-electron chi connectivity index (χ0n) is 12.8. The molecule has 8 nitrogen and oxygen atoms in total. The van der Waals surface area contributed by atoms with Gasteiger partial charge in [0.15, 0.2) is 0 Å². The molecule has 0 aromatic carbocycles. The highest BCUT2D eigenvalue weighted by molar-refractivity contribution is 5.94. The Morgan fingerprint density at radius 3 is 2.68 bits per heavy atom. The van der Waals surface area contributed by atoms with Gasteiger partial charge in [-0.3, -0.25) is 19.0 Å². The van der Waals surface area contributed by atoms with Crippen molar-refractivity contribution in [3.8, 4) is 0 Å². The first kappa shape index (κ1) is 15.7. The number of amides is 1. The Hall–Kier alpha value is -2.64. The van der Waals surface area contributed by atoms with Gasteiger partial charge >= 0.3 is 5.97 Å². The first-order valence-electron chi connectivity index (χ1n) is 6.99. The Labute approximate surface area is 127 Å². The molecule has 0 aliphatic heterocycles. The largest absolute Gasteiger partial charge is 0.480 e. The Morgan fingerprint density at radius 2 is 2.14 bits per heavy atom. The van der Waals surface area contributed by atoms with E-state index in [9.17, 15) is 9.59 Å². The lowest BCUT2D eigenvalue weighted by Gasteiger charge is -2.15. The monoisotopic (exact) mass is 305 g/mol. The van der Waals surface area contributed by atoms with Crippen LogP contribution in [0.15, 0.2) is 18.5 Å². The highest BCUT2D eigenvalue weighted by Crippen LogP contribution is 2.21. The van der Waals surface area contributed by atoms with Gasteiger partial charge in [-0.15, -0.1) is 0 Å². The molecule has 0 radical (unpaired) electrons. The summed E-state index contributed by atoms with van der Waals surface area (Å²) in [5.74, 6) is -1.18. The van der Waals surface area contributed by atoms with E-state index in [0.717, 1.165) is 0 Å². The van der Waals surface area contributed by atoms with Crippen molar-refractivity contribution in [2.45, 2.75) is 39.8 Å². The number of aryl methyl sites for hydroxylation is 1. The van der Waals surface area contributed by atoms with Crippen LogP contribution in [0.4, 0.5) is 5.69 Å². The highest BCUT2D eigenvalue weighted by atomic mass is 16.4. The fourth-order valence-electron chi connectivity index (χ4n) is 2.32. The molecule has 118 valence electrons. The third kappa shape index (κ3) is 3.16. The average Bonchev–Trinajstić information content (AvgIpc) is 3.04. The molecule has 22 heavy (non-hydrogen) atoms. The summed E-state index contributed by atoms with van der Waals surface area (Å²) in [6, 6.07) is 1.34. The number of carbonyl (C=O) groups excluding carboxylic acids is 1. The molecular formula is C14H19N5O3. The van der Waals surface area contributed by atoms with E-state index in [-0.39, 0.29) is 12.5 Å². The van der Waals surface area contributed by atoms with Crippen molar-refractivity contribution in [2.75, 3.05) is 5.32 Å². The first-order valence-corrected chi connectivity index (χ1v) is 6.99. The topological polar surface area (TPSA) is 102 Å². The number of carboxylic acids is 1. The fraction of sp³-hybridized carbons (Fsp3) is 0.429. The highest BCUT2D eigenvalue weighted by Gasteiger charge is 2.22. The third-order valence-corrected chi connectivity index (χ3v) is 3.45. The van der Waals surface area contributed by atoms with Gasteiger partial charge in [-0.1, -0.05) is 6.92 Å². The maximum Gasteiger partial charge on any atom is 0.325 e. The fourth-order valence-corrected chi connectivity index (χ4v) is 2.32. The van der Waals surface area contributed by atoms with Crippen molar-refractivity contribution >= 4 is 17.6 Å². The van der Waals surface area contributed by atoms with Crippen LogP contribution in [0, 0.1) is 13.8 Å². The van der Waals surface area contributed by atoms with Crippen LogP contribution in [0.1, 0.15) is 30.8 Å². The molecule has 0 aliphatic carbocycles. The standard InChI is InChI=1S/C14H19N5O3/c1-4-11(18-7-5-6-15-18)14(22)16-13-9(2)17-19(10(13)3)8-12(20)21/h5-7,11H,4,8H2,1-3H3,(H,16,22)(H,20,21)/t11-/m1/s1. The maximum atomic E-state index is 12.5. The van der Waals surface area contributed by atoms with Crippen LogP contribution in [0.2, 0.25) is 0 Å². The van der Waals surface area contributed by atoms with E-state index in [1.807, 2.05) is 6.92 Å². The molecule has 0 saturated carbocycles. The van der Waals surface area contributed by atoms with Gasteiger partial charge in [0.1, 0.15) is 12.6 Å². The minimum Gasteiger partial charge on any atom is -0.480 e. The zero-order chi connectivity index (χ0) is 16.3. The lowest BCUT2D eigenvalue weighted by molar-refractivity contribution is -0.137. The van der Waals surface area contributed by atoms with Gasteiger partial charge in [-0.2, -0.15) is 10.2 Å². The lowest BCUT2D eigenvalue weighted by atomic mass is 10.2. The predicted molar refractivity (Wildman–Crippen MR) is 79.5 cm³/mol. The SMILES string of the molecule is CC[C@H](C(=O)Nc1c(C)nn(CC(=O)O)c1C)n1cccn1. The Morgan fingerprint density at radius 1 is 1.41 bits per heavy atom. The summed E-state index contributed by atoms with van der Waals surface area (Å²) < 4.78 is 2.96. The van der Waals surface area contributed by atoms with Crippen LogP contribution >= 0.6 is 0 Å². The number of carboxylic acid groups (broad SMARTS) is 1. The summed E-state index contributed by atoms with van der Waals surface area (Å²) in [5.41, 5.74) is 1.75. The first-order chi connectivity index (χ1) is 10.4. The molecule has 2 rings (SSSR count). The van der Waals surface area contributed by atoms with E-state index in [2.05, 4.69) is 15.5 Å². The molecule has 0 fully saturated rings. The van der Waals surface area contributed by atoms with E-state index in [1.54, 1.807) is 37.0 Å². The molecule has 2 N–H and O–H groups in total. The molecule has 0 spiro atoms. The number of hydrogen-bond donors (Lipinski definition) is 2. The van der Waals surface area contributed by atoms with Crippen molar-refractivity contribution in [1.29, 1.82) is 0 Å². The molecule has 1 atom stereocenters. The summed E-state index contributed by atoms with van der Waals surface area (Å²) in [5, 5.41) is 19.9. The predicted octanol–water partition coefficient (Wildman–Crippen LogP) is 1.37. The smallest absolute Gasteiger partial charge is 0.325 e. The summed E-state index contributed by atoms with van der Waals surface area (Å²) in [7, 11) is 0. The van der Waals surface area contributed by atoms with E-state index < -0.39 is 12.0 Å². The summed E-state index contributed by atoms with van der Waals surface area (Å²) >= 11 is 0. The number of nitrogens with zero attached hydrogens (tertiary/aromatic N) is 4. The second-order valence-corrected chi connectivity index (χ2v) is 5.00. The van der Waals surface area contributed by atoms with Crippen molar-refractivity contribution in [3.63, 3.8) is 0 Å². The Balaban J connectivity index is 2.21. The summed E-state index contributed by atoms with van der Waals surface area (Å²) in [6.07, 6.45) is 3.95. The molecule has 0 bridgehead atoms. The maximum absolute atomic E-state index is 12.5. The van der Waals surface area contributed by atoms with Crippen LogP contribution < -0.4 is 5.32 Å². The van der Waals surface area contributed by atoms with Crippen LogP contribution in [0.25, 0.3) is 0 Å². The second-order valence-electron chi connectivity index (χ2n) is 5.00. The number of aromatic nitrogens is 4. The van der Waals surface area contributed by atoms with E-state index in [0.29, 0.717) is 23.5 Å². The van der Waals surface area contributed by atoms with E-state index in [4.69, 9.17) is 5.11 Å². The lowest BCUT2D eigenvalue weighted by Crippen LogP contribution is -2.26.